The lowest BCUT2D eigenvalue weighted by molar-refractivity contribution is 0.146. The number of carbonyl (C=O) groups is 1. The van der Waals surface area contributed by atoms with Crippen molar-refractivity contribution >= 4 is 6.03 Å². The maximum atomic E-state index is 11.4. The van der Waals surface area contributed by atoms with Gasteiger partial charge in [0.1, 0.15) is 12.2 Å². The topological polar surface area (TPSA) is 92.1 Å². The third kappa shape index (κ3) is 5.13. The van der Waals surface area contributed by atoms with Crippen LogP contribution in [0.5, 0.6) is 0 Å². The molecule has 1 aromatic rings. The summed E-state index contributed by atoms with van der Waals surface area (Å²) in [6, 6.07) is -0.319. The Balaban J connectivity index is 2.20. The quantitative estimate of drug-likeness (QED) is 0.668. The number of rotatable bonds is 6. The average molecular weight is 255 g/mol. The fraction of sp³-hybridized carbons (Fsp3) is 0.727. The molecule has 0 saturated heterocycles. The van der Waals surface area contributed by atoms with E-state index in [1.807, 2.05) is 13.8 Å². The SMILES string of the molecule is CC(C)CC(O)CNC(=O)NCc1ncnn1C. The van der Waals surface area contributed by atoms with Crippen LogP contribution < -0.4 is 10.6 Å². The summed E-state index contributed by atoms with van der Waals surface area (Å²) in [5.74, 6) is 1.08. The highest BCUT2D eigenvalue weighted by Crippen LogP contribution is 2.02. The predicted octanol–water partition coefficient (Wildman–Crippen LogP) is 0.0213. The second-order valence-electron chi connectivity index (χ2n) is 4.65. The van der Waals surface area contributed by atoms with Gasteiger partial charge in [0, 0.05) is 13.6 Å². The maximum Gasteiger partial charge on any atom is 0.315 e. The van der Waals surface area contributed by atoms with Crippen LogP contribution in [0.1, 0.15) is 26.1 Å². The molecule has 0 spiro atoms. The van der Waals surface area contributed by atoms with Crippen LogP contribution >= 0.6 is 0 Å². The first-order valence-electron chi connectivity index (χ1n) is 6.01. The molecule has 1 unspecified atom stereocenters. The van der Waals surface area contributed by atoms with Gasteiger partial charge in [0.2, 0.25) is 0 Å². The molecular weight excluding hydrogens is 234 g/mol. The molecule has 3 N–H and O–H groups in total. The molecule has 0 aliphatic carbocycles. The number of nitrogens with zero attached hydrogens (tertiary/aromatic N) is 3. The van der Waals surface area contributed by atoms with Crippen LogP contribution in [0.3, 0.4) is 0 Å². The van der Waals surface area contributed by atoms with Gasteiger partial charge in [-0.3, -0.25) is 4.68 Å². The lowest BCUT2D eigenvalue weighted by Crippen LogP contribution is -2.40. The highest BCUT2D eigenvalue weighted by molar-refractivity contribution is 5.73. The third-order valence-corrected chi connectivity index (χ3v) is 2.45. The first kappa shape index (κ1) is 14.4. The number of aryl methyl sites for hydroxylation is 1. The number of hydrogen-bond acceptors (Lipinski definition) is 4. The van der Waals surface area contributed by atoms with Crippen molar-refractivity contribution in [1.29, 1.82) is 0 Å². The van der Waals surface area contributed by atoms with Gasteiger partial charge in [-0.15, -0.1) is 0 Å². The molecular formula is C11H21N5O2. The van der Waals surface area contributed by atoms with Gasteiger partial charge < -0.3 is 15.7 Å². The summed E-state index contributed by atoms with van der Waals surface area (Å²) < 4.78 is 1.59. The van der Waals surface area contributed by atoms with Crippen molar-refractivity contribution in [2.45, 2.75) is 32.9 Å². The van der Waals surface area contributed by atoms with E-state index in [1.54, 1.807) is 11.7 Å². The van der Waals surface area contributed by atoms with Crippen molar-refractivity contribution in [2.24, 2.45) is 13.0 Å². The number of aliphatic hydroxyl groups excluding tert-OH is 1. The number of nitrogens with one attached hydrogen (secondary N) is 2. The zero-order valence-corrected chi connectivity index (χ0v) is 11.1. The molecule has 0 aromatic carbocycles. The third-order valence-electron chi connectivity index (χ3n) is 2.45. The van der Waals surface area contributed by atoms with E-state index in [9.17, 15) is 9.90 Å². The van der Waals surface area contributed by atoms with Crippen LogP contribution in [0, 0.1) is 5.92 Å². The first-order valence-corrected chi connectivity index (χ1v) is 6.01. The summed E-state index contributed by atoms with van der Waals surface area (Å²) in [7, 11) is 1.76. The van der Waals surface area contributed by atoms with E-state index >= 15 is 0 Å². The van der Waals surface area contributed by atoms with Gasteiger partial charge in [-0.1, -0.05) is 13.8 Å². The minimum absolute atomic E-state index is 0.253. The second kappa shape index (κ2) is 6.95. The van der Waals surface area contributed by atoms with E-state index in [2.05, 4.69) is 20.7 Å². The Labute approximate surface area is 107 Å². The number of aromatic nitrogens is 3. The number of hydrogen-bond donors (Lipinski definition) is 3. The fourth-order valence-corrected chi connectivity index (χ4v) is 1.54. The van der Waals surface area contributed by atoms with Crippen LogP contribution in [0.15, 0.2) is 6.33 Å². The number of carbonyl (C=O) groups excluding carboxylic acids is 1. The maximum absolute atomic E-state index is 11.4. The largest absolute Gasteiger partial charge is 0.391 e. The Morgan fingerprint density at radius 1 is 1.50 bits per heavy atom. The molecule has 1 atom stereocenters. The summed E-state index contributed by atoms with van der Waals surface area (Å²) in [6.45, 7) is 4.61. The molecule has 0 aliphatic heterocycles. The van der Waals surface area contributed by atoms with Gasteiger partial charge >= 0.3 is 6.03 Å². The van der Waals surface area contributed by atoms with E-state index in [-0.39, 0.29) is 12.6 Å². The molecule has 0 radical (unpaired) electrons. The summed E-state index contributed by atoms with van der Waals surface area (Å²) in [6.07, 6.45) is 1.59. The molecule has 0 saturated carbocycles. The predicted molar refractivity (Wildman–Crippen MR) is 66.7 cm³/mol. The van der Waals surface area contributed by atoms with Gasteiger partial charge in [0.05, 0.1) is 12.6 Å². The monoisotopic (exact) mass is 255 g/mol. The van der Waals surface area contributed by atoms with Crippen LogP contribution in [0.25, 0.3) is 0 Å². The van der Waals surface area contributed by atoms with E-state index in [1.165, 1.54) is 6.33 Å². The summed E-state index contributed by atoms with van der Waals surface area (Å²) in [4.78, 5) is 15.4. The first-order chi connectivity index (χ1) is 8.49. The molecule has 2 amide bonds. The molecule has 0 fully saturated rings. The molecule has 0 aliphatic rings. The van der Waals surface area contributed by atoms with Gasteiger partial charge in [-0.25, -0.2) is 9.78 Å². The van der Waals surface area contributed by atoms with Gasteiger partial charge in [0.15, 0.2) is 0 Å². The smallest absolute Gasteiger partial charge is 0.315 e. The normalized spacial score (nSPS) is 12.5. The Morgan fingerprint density at radius 3 is 2.78 bits per heavy atom. The Hall–Kier alpha value is -1.63. The van der Waals surface area contributed by atoms with E-state index in [0.717, 1.165) is 0 Å². The number of urea groups is 1. The fourth-order valence-electron chi connectivity index (χ4n) is 1.54. The van der Waals surface area contributed by atoms with Crippen molar-refractivity contribution in [2.75, 3.05) is 6.54 Å². The summed E-state index contributed by atoms with van der Waals surface area (Å²) in [5.41, 5.74) is 0. The van der Waals surface area contributed by atoms with E-state index in [4.69, 9.17) is 0 Å². The van der Waals surface area contributed by atoms with E-state index in [0.29, 0.717) is 24.7 Å². The molecule has 18 heavy (non-hydrogen) atoms. The van der Waals surface area contributed by atoms with Crippen molar-refractivity contribution in [3.63, 3.8) is 0 Å². The molecule has 0 bridgehead atoms. The molecule has 1 aromatic heterocycles. The van der Waals surface area contributed by atoms with Crippen molar-refractivity contribution in [3.05, 3.63) is 12.2 Å². The number of aliphatic hydroxyl groups is 1. The molecule has 1 rings (SSSR count). The van der Waals surface area contributed by atoms with Crippen LogP contribution in [-0.2, 0) is 13.6 Å². The summed E-state index contributed by atoms with van der Waals surface area (Å²) >= 11 is 0. The van der Waals surface area contributed by atoms with Crippen LogP contribution in [-0.4, -0.2) is 38.6 Å². The van der Waals surface area contributed by atoms with Crippen molar-refractivity contribution in [1.82, 2.24) is 25.4 Å². The Morgan fingerprint density at radius 2 is 2.22 bits per heavy atom. The van der Waals surface area contributed by atoms with Crippen LogP contribution in [0.2, 0.25) is 0 Å². The van der Waals surface area contributed by atoms with E-state index < -0.39 is 6.10 Å². The van der Waals surface area contributed by atoms with Gasteiger partial charge in [-0.05, 0) is 12.3 Å². The average Bonchev–Trinajstić information content (AvgIpc) is 2.68. The Kier molecular flexibility index (Phi) is 5.57. The zero-order chi connectivity index (χ0) is 13.5. The highest BCUT2D eigenvalue weighted by atomic mass is 16.3. The second-order valence-corrected chi connectivity index (χ2v) is 4.65. The van der Waals surface area contributed by atoms with Crippen molar-refractivity contribution in [3.8, 4) is 0 Å². The lowest BCUT2D eigenvalue weighted by atomic mass is 10.1. The summed E-state index contributed by atoms with van der Waals surface area (Å²) in [5, 5.41) is 18.8. The lowest BCUT2D eigenvalue weighted by Gasteiger charge is -2.14. The van der Waals surface area contributed by atoms with Gasteiger partial charge in [-0.2, -0.15) is 5.10 Å². The Bertz CT molecular complexity index is 377. The van der Waals surface area contributed by atoms with Gasteiger partial charge in [0.25, 0.3) is 0 Å². The molecule has 1 heterocycles. The molecule has 7 heteroatoms. The minimum Gasteiger partial charge on any atom is -0.391 e. The minimum atomic E-state index is -0.509. The molecule has 7 nitrogen and oxygen atoms in total. The number of amides is 2. The van der Waals surface area contributed by atoms with Crippen LogP contribution in [0.4, 0.5) is 4.79 Å². The zero-order valence-electron chi connectivity index (χ0n) is 11.1. The molecule has 102 valence electrons. The van der Waals surface area contributed by atoms with Crippen molar-refractivity contribution < 1.29 is 9.90 Å². The standard InChI is InChI=1S/C11H21N5O2/c1-8(2)4-9(17)5-12-11(18)13-6-10-14-7-15-16(10)3/h7-9,17H,4-6H2,1-3H3,(H2,12,13,18). The highest BCUT2D eigenvalue weighted by Gasteiger charge is 2.09.